The van der Waals surface area contributed by atoms with Gasteiger partial charge in [-0.25, -0.2) is 0 Å². The minimum Gasteiger partial charge on any atom is -0.394 e. The number of hydrogen-bond acceptors (Lipinski definition) is 45. The third-order valence-electron chi connectivity index (χ3n) is 19.4. The van der Waals surface area contributed by atoms with Gasteiger partial charge in [-0.15, -0.1) is 0 Å². The van der Waals surface area contributed by atoms with Gasteiger partial charge in [-0.1, -0.05) is 0 Å². The van der Waals surface area contributed by atoms with E-state index in [9.17, 15) is 138 Å². The van der Waals surface area contributed by atoms with E-state index in [0.717, 1.165) is 6.92 Å². The summed E-state index contributed by atoms with van der Waals surface area (Å²) in [5.41, 5.74) is 0. The number of carbonyl (C=O) groups is 1. The minimum atomic E-state index is -2.41. The first-order valence-electron chi connectivity index (χ1n) is 32.6. The first-order valence-corrected chi connectivity index (χ1v) is 32.6. The van der Waals surface area contributed by atoms with Crippen molar-refractivity contribution in [2.45, 2.75) is 283 Å². The van der Waals surface area contributed by atoms with Gasteiger partial charge in [0.25, 0.3) is 0 Å². The van der Waals surface area contributed by atoms with Crippen molar-refractivity contribution in [2.24, 2.45) is 0 Å². The van der Waals surface area contributed by atoms with Crippen LogP contribution in [0.1, 0.15) is 6.92 Å². The molecule has 31 fully saturated rings. The molecule has 31 rings (SSSR count). The number of nitrogens with one attached hydrogen (secondary N) is 1. The van der Waals surface area contributed by atoms with Gasteiger partial charge in [0.1, 0.15) is 220 Å². The maximum atomic E-state index is 12.3. The van der Waals surface area contributed by atoms with Crippen LogP contribution in [-0.4, -0.2) is 474 Å². The van der Waals surface area contributed by atoms with Gasteiger partial charge < -0.3 is 223 Å². The predicted octanol–water partition coefficient (Wildman–Crippen LogP) is -19.4. The van der Waals surface area contributed by atoms with E-state index >= 15 is 0 Å². The summed E-state index contributed by atoms with van der Waals surface area (Å²) in [6.45, 7) is -8.87. The predicted molar refractivity (Wildman–Crippen MR) is 305 cm³/mol. The number of aliphatic hydroxyl groups excluding tert-OH is 26. The number of aliphatic hydroxyl groups is 26. The van der Waals surface area contributed by atoms with Gasteiger partial charge in [0.2, 0.25) is 5.91 Å². The van der Waals surface area contributed by atoms with Crippen LogP contribution in [-0.2, 0) is 90.1 Å². The van der Waals surface area contributed by atoms with Crippen LogP contribution < -0.4 is 5.32 Å². The number of carbonyl (C=O) groups excluding carboxylic acids is 1. The van der Waals surface area contributed by atoms with Crippen LogP contribution in [0, 0.1) is 0 Å². The maximum absolute atomic E-state index is 12.3. The molecule has 16 bridgehead atoms. The maximum Gasteiger partial charge on any atom is 0.217 e. The molecule has 0 saturated carbocycles. The zero-order valence-corrected chi connectivity index (χ0v) is 53.7. The average Bonchev–Trinajstić information content (AvgIpc) is 0.774. The monoisotopic (exact) mass is 1500 g/mol. The van der Waals surface area contributed by atoms with Crippen LogP contribution in [0.25, 0.3) is 0 Å². The van der Waals surface area contributed by atoms with Gasteiger partial charge in [0, 0.05) is 6.92 Å². The summed E-state index contributed by atoms with van der Waals surface area (Å²) in [6.07, 6.45) is -92.5. The lowest BCUT2D eigenvalue weighted by Gasteiger charge is -2.50. The molecular weight excluding hydrogens is 1410 g/mol. The van der Waals surface area contributed by atoms with Crippen LogP contribution >= 0.6 is 0 Å². The van der Waals surface area contributed by atoms with E-state index in [2.05, 4.69) is 5.32 Å². The number of amides is 1. The van der Waals surface area contributed by atoms with E-state index in [0.29, 0.717) is 0 Å². The third kappa shape index (κ3) is 16.6. The van der Waals surface area contributed by atoms with Crippen molar-refractivity contribution in [1.29, 1.82) is 0 Å². The molecule has 0 aromatic heterocycles. The third-order valence-corrected chi connectivity index (χ3v) is 19.4. The highest BCUT2D eigenvalue weighted by molar-refractivity contribution is 5.73. The van der Waals surface area contributed by atoms with Crippen LogP contribution in [0.5, 0.6) is 0 Å². The van der Waals surface area contributed by atoms with Gasteiger partial charge in [-0.05, 0) is 0 Å². The van der Waals surface area contributed by atoms with Crippen LogP contribution in [0.2, 0.25) is 0 Å². The van der Waals surface area contributed by atoms with Gasteiger partial charge in [0.05, 0.1) is 59.5 Å². The van der Waals surface area contributed by atoms with Gasteiger partial charge in [-0.2, -0.15) is 0 Å². The fraction of sp³-hybridized carbons (Fsp3) is 0.982. The molecule has 0 unspecified atom stereocenters. The Balaban J connectivity index is 0.943. The highest BCUT2D eigenvalue weighted by Gasteiger charge is 2.61. The molecule has 45 atom stereocenters. The Morgan fingerprint density at radius 3 is 0.618 bits per heavy atom. The SMILES string of the molecule is CC(=O)N[C@H]1[C@H](OC[C@H]2O[C@@H]3O[C@H]4[C@H](O)[C@@H](O)[C@@H](O[C@H]5[C@H](O)[C@@H](O)[C@@H](O[C@H]6[C@H](O)[C@@H](O)[C@@H](O[C@H]7[C@H](O)[C@@H](O)[C@@H](O[C@H]8[C@H](O)[C@@H](O)[C@@H](O[C@H]9[C@H](O)[C@@H](O)[C@@H](O[C@H]%10[C@H](O)[C@@H](O)[C@@H](O[C@H]2[C@H](O)[C@H]3O)O[C@@H]%10CO)O[C@@H]9CO)O[C@@H]8CO)O[C@@H]7CO)O[C@@H]6CO)O[C@@H]5CO)O[C@@H]4CO)O[C@H](CO)[C@@H](O)[C@@H]1O. The minimum absolute atomic E-state index is 0.806. The van der Waals surface area contributed by atoms with Crippen LogP contribution in [0.15, 0.2) is 0 Å². The molecule has 0 aromatic carbocycles. The summed E-state index contributed by atoms with van der Waals surface area (Å²) < 4.78 is 104. The standard InChI is InChI=1S/C56H93NO45/c1-11(66)57-21-23(68)22(67)12(2-58)86-48(21)85-10-20-47-31(76)39(84)56(94-20)101-46-19(9-65)92-54(37(82)29(46)74)99-44-17(7-63)90-52(35(80)27(44)72)97-42-15(5-61)88-50(33(78)25(42)70)95-40-13(3-59)87-49(32(77)24(40)69)96-41-14(4-60)89-51(34(79)26(41)71)98-43-16(6-62)91-53(36(81)28(43)73)100-45-18(8-64)93-55(102-47)38(83)30(45)75/h12-56,58-65,67-84H,2-10H2,1H3,(H,57,66)/t12-,13-,14-,15-,16-,17-,18-,19-,20-,21-,22-,23-,24-,25-,26-,27-,28-,29-,30-,31-,32-,33-,34-,35-,36-,37-,38-,39-,40-,41-,42-,43-,44-,45-,46-,47-,48-,49-,50-,51-,52-,53-,54-,55-,56-/m1/s1. The first-order chi connectivity index (χ1) is 48.5. The van der Waals surface area contributed by atoms with Crippen molar-refractivity contribution in [1.82, 2.24) is 5.32 Å². The van der Waals surface area contributed by atoms with Gasteiger partial charge in [-0.3, -0.25) is 4.79 Å². The Hall–Kier alpha value is -2.29. The molecule has 0 radical (unpaired) electrons. The lowest BCUT2D eigenvalue weighted by atomic mass is 9.94. The van der Waals surface area contributed by atoms with Crippen LogP contribution in [0.3, 0.4) is 0 Å². The molecule has 592 valence electrons. The van der Waals surface area contributed by atoms with Crippen molar-refractivity contribution in [3.8, 4) is 0 Å². The van der Waals surface area contributed by atoms with Gasteiger partial charge >= 0.3 is 0 Å². The van der Waals surface area contributed by atoms with Crippen molar-refractivity contribution in [3.63, 3.8) is 0 Å². The Kier molecular flexibility index (Phi) is 28.3. The number of ether oxygens (including phenoxy) is 18. The highest BCUT2D eigenvalue weighted by Crippen LogP contribution is 2.40. The summed E-state index contributed by atoms with van der Waals surface area (Å²) >= 11 is 0. The molecule has 27 N–H and O–H groups in total. The summed E-state index contributed by atoms with van der Waals surface area (Å²) in [5.74, 6) is -0.806. The molecule has 31 heterocycles. The van der Waals surface area contributed by atoms with E-state index in [4.69, 9.17) is 85.3 Å². The highest BCUT2D eigenvalue weighted by atomic mass is 16.8. The molecule has 0 aliphatic carbocycles. The summed E-state index contributed by atoms with van der Waals surface area (Å²) in [7, 11) is 0. The quantitative estimate of drug-likeness (QED) is 0.0863. The number of hydrogen-bond donors (Lipinski definition) is 27. The van der Waals surface area contributed by atoms with Crippen LogP contribution in [0.4, 0.5) is 0 Å². The fourth-order valence-corrected chi connectivity index (χ4v) is 13.7. The molecule has 46 nitrogen and oxygen atoms in total. The van der Waals surface area contributed by atoms with Crippen molar-refractivity contribution < 1.29 is 223 Å². The van der Waals surface area contributed by atoms with E-state index in [-0.39, 0.29) is 0 Å². The molecule has 46 heteroatoms. The zero-order chi connectivity index (χ0) is 74.4. The molecular formula is C56H93NO45. The molecule has 31 aliphatic heterocycles. The van der Waals surface area contributed by atoms with E-state index < -0.39 is 342 Å². The summed E-state index contributed by atoms with van der Waals surface area (Å²) in [4.78, 5) is 12.3. The van der Waals surface area contributed by atoms with E-state index in [1.54, 1.807) is 0 Å². The van der Waals surface area contributed by atoms with E-state index in [1.165, 1.54) is 0 Å². The van der Waals surface area contributed by atoms with Crippen molar-refractivity contribution in [3.05, 3.63) is 0 Å². The summed E-state index contributed by atoms with van der Waals surface area (Å²) in [6, 6.07) is -1.64. The second-order valence-electron chi connectivity index (χ2n) is 26.0. The summed E-state index contributed by atoms with van der Waals surface area (Å²) in [5, 5.41) is 293. The normalized spacial score (nSPS) is 53.9. The second-order valence-corrected chi connectivity index (χ2v) is 26.0. The average molecular weight is 1500 g/mol. The lowest BCUT2D eigenvalue weighted by Crippen LogP contribution is -2.69. The van der Waals surface area contributed by atoms with E-state index in [1.807, 2.05) is 0 Å². The zero-order valence-electron chi connectivity index (χ0n) is 53.7. The topological polar surface area (TPSA) is 721 Å². The number of rotatable bonds is 12. The Bertz CT molecular complexity index is 2590. The second kappa shape index (κ2) is 35.2. The molecule has 31 saturated heterocycles. The largest absolute Gasteiger partial charge is 0.394 e. The fourth-order valence-electron chi connectivity index (χ4n) is 13.7. The molecule has 0 spiro atoms. The molecule has 1 amide bonds. The van der Waals surface area contributed by atoms with Crippen molar-refractivity contribution >= 4 is 5.91 Å². The van der Waals surface area contributed by atoms with Gasteiger partial charge in [0.15, 0.2) is 56.6 Å². The Labute approximate surface area is 575 Å². The first kappa shape index (κ1) is 82.2. The molecule has 0 aromatic rings. The smallest absolute Gasteiger partial charge is 0.217 e. The molecule has 102 heavy (non-hydrogen) atoms. The van der Waals surface area contributed by atoms with Crippen molar-refractivity contribution in [2.75, 3.05) is 59.5 Å². The Morgan fingerprint density at radius 2 is 0.431 bits per heavy atom. The molecule has 31 aliphatic rings. The Morgan fingerprint density at radius 1 is 0.245 bits per heavy atom. The lowest BCUT2D eigenvalue weighted by molar-refractivity contribution is -0.404.